The minimum atomic E-state index is -0.0387. The largest absolute Gasteiger partial charge is 0.464 e. The number of pyridine rings is 1. The molecule has 2 aromatic heterocycles. The lowest BCUT2D eigenvalue weighted by molar-refractivity contribution is 0.0741. The number of nitrogens with zero attached hydrogens (tertiary/aromatic N) is 3. The second-order valence-corrected chi connectivity index (χ2v) is 6.81. The van der Waals surface area contributed by atoms with Crippen LogP contribution in [0.5, 0.6) is 0 Å². The lowest BCUT2D eigenvalue weighted by Crippen LogP contribution is -2.30. The molecule has 0 radical (unpaired) electrons. The monoisotopic (exact) mass is 373 g/mol. The molecule has 5 nitrogen and oxygen atoms in total. The van der Waals surface area contributed by atoms with Gasteiger partial charge in [0.1, 0.15) is 17.6 Å². The fourth-order valence-corrected chi connectivity index (χ4v) is 3.20. The van der Waals surface area contributed by atoms with Crippen molar-refractivity contribution in [3.05, 3.63) is 76.4 Å². The summed E-state index contributed by atoms with van der Waals surface area (Å²) in [5, 5.41) is 9.20. The van der Waals surface area contributed by atoms with Gasteiger partial charge < -0.3 is 9.32 Å². The number of carbonyl (C=O) groups excluding carboxylic acids is 1. The van der Waals surface area contributed by atoms with Crippen LogP contribution in [-0.4, -0.2) is 22.3 Å². The molecule has 3 aromatic rings. The Labute approximate surface area is 165 Å². The van der Waals surface area contributed by atoms with Crippen molar-refractivity contribution in [3.63, 3.8) is 0 Å². The summed E-state index contributed by atoms with van der Waals surface area (Å²) in [4.78, 5) is 19.1. The summed E-state index contributed by atoms with van der Waals surface area (Å²) < 4.78 is 5.59. The maximum atomic E-state index is 12.9. The molecule has 0 aliphatic heterocycles. The number of amides is 1. The standard InChI is InChI=1S/C23H23N3O2/c1-5-26(14-20-11-6-16(3)28-20)23(27)19-9-7-18(8-10-19)22-12-15(2)21(13-24)17(4)25-22/h6-12H,5,14H2,1-4H3. The van der Waals surface area contributed by atoms with Gasteiger partial charge in [-0.05, 0) is 63.6 Å². The smallest absolute Gasteiger partial charge is 0.254 e. The van der Waals surface area contributed by atoms with E-state index < -0.39 is 0 Å². The number of benzene rings is 1. The number of carbonyl (C=O) groups is 1. The summed E-state index contributed by atoms with van der Waals surface area (Å²) in [6, 6.07) is 15.3. The Hall–Kier alpha value is -3.39. The minimum Gasteiger partial charge on any atom is -0.464 e. The number of aromatic nitrogens is 1. The van der Waals surface area contributed by atoms with Crippen LogP contribution >= 0.6 is 0 Å². The first-order valence-corrected chi connectivity index (χ1v) is 9.26. The zero-order chi connectivity index (χ0) is 20.3. The van der Waals surface area contributed by atoms with Gasteiger partial charge in [0, 0.05) is 17.7 Å². The number of aryl methyl sites for hydroxylation is 3. The van der Waals surface area contributed by atoms with Gasteiger partial charge in [0.2, 0.25) is 0 Å². The van der Waals surface area contributed by atoms with Gasteiger partial charge in [-0.2, -0.15) is 5.26 Å². The minimum absolute atomic E-state index is 0.0387. The van der Waals surface area contributed by atoms with Crippen LogP contribution in [0.3, 0.4) is 0 Å². The number of rotatable bonds is 5. The van der Waals surface area contributed by atoms with Crippen molar-refractivity contribution in [1.82, 2.24) is 9.88 Å². The van der Waals surface area contributed by atoms with Crippen molar-refractivity contribution < 1.29 is 9.21 Å². The highest BCUT2D eigenvalue weighted by Gasteiger charge is 2.16. The van der Waals surface area contributed by atoms with E-state index in [0.29, 0.717) is 29.9 Å². The first kappa shape index (κ1) is 19.4. The third-order valence-corrected chi connectivity index (χ3v) is 4.75. The first-order valence-electron chi connectivity index (χ1n) is 9.26. The van der Waals surface area contributed by atoms with Gasteiger partial charge in [-0.25, -0.2) is 0 Å². The van der Waals surface area contributed by atoms with Gasteiger partial charge in [-0.15, -0.1) is 0 Å². The zero-order valence-electron chi connectivity index (χ0n) is 16.6. The predicted molar refractivity (Wildman–Crippen MR) is 108 cm³/mol. The molecule has 5 heteroatoms. The molecule has 2 heterocycles. The van der Waals surface area contributed by atoms with Gasteiger partial charge in [0.25, 0.3) is 5.91 Å². The second kappa shape index (κ2) is 8.10. The van der Waals surface area contributed by atoms with E-state index in [0.717, 1.165) is 28.3 Å². The van der Waals surface area contributed by atoms with E-state index in [-0.39, 0.29) is 5.91 Å². The molecule has 0 spiro atoms. The summed E-state index contributed by atoms with van der Waals surface area (Å²) >= 11 is 0. The van der Waals surface area contributed by atoms with E-state index in [9.17, 15) is 10.1 Å². The van der Waals surface area contributed by atoms with Crippen molar-refractivity contribution in [2.24, 2.45) is 0 Å². The third-order valence-electron chi connectivity index (χ3n) is 4.75. The van der Waals surface area contributed by atoms with Crippen LogP contribution in [0.15, 0.2) is 46.9 Å². The van der Waals surface area contributed by atoms with Gasteiger partial charge in [0.15, 0.2) is 0 Å². The average Bonchev–Trinajstić information content (AvgIpc) is 3.10. The molecule has 28 heavy (non-hydrogen) atoms. The summed E-state index contributed by atoms with van der Waals surface area (Å²) in [7, 11) is 0. The van der Waals surface area contributed by atoms with E-state index in [1.165, 1.54) is 0 Å². The van der Waals surface area contributed by atoms with Gasteiger partial charge in [0.05, 0.1) is 23.5 Å². The molecule has 142 valence electrons. The second-order valence-electron chi connectivity index (χ2n) is 6.81. The lowest BCUT2D eigenvalue weighted by atomic mass is 10.0. The Morgan fingerprint density at radius 3 is 2.39 bits per heavy atom. The van der Waals surface area contributed by atoms with Crippen molar-refractivity contribution >= 4 is 5.91 Å². The quantitative estimate of drug-likeness (QED) is 0.644. The summed E-state index contributed by atoms with van der Waals surface area (Å²) in [6.45, 7) is 8.62. The van der Waals surface area contributed by atoms with E-state index >= 15 is 0 Å². The Balaban J connectivity index is 1.81. The van der Waals surface area contributed by atoms with Crippen molar-refractivity contribution in [1.29, 1.82) is 5.26 Å². The highest BCUT2D eigenvalue weighted by atomic mass is 16.3. The molecule has 0 aliphatic rings. The van der Waals surface area contributed by atoms with Crippen LogP contribution in [0.25, 0.3) is 11.3 Å². The van der Waals surface area contributed by atoms with E-state index in [4.69, 9.17) is 4.42 Å². The number of hydrogen-bond acceptors (Lipinski definition) is 4. The Bertz CT molecular complexity index is 1020. The lowest BCUT2D eigenvalue weighted by Gasteiger charge is -2.20. The van der Waals surface area contributed by atoms with Gasteiger partial charge in [-0.3, -0.25) is 9.78 Å². The van der Waals surface area contributed by atoms with Crippen LogP contribution in [-0.2, 0) is 6.54 Å². The van der Waals surface area contributed by atoms with Crippen LogP contribution < -0.4 is 0 Å². The number of nitriles is 1. The SMILES string of the molecule is CCN(Cc1ccc(C)o1)C(=O)c1ccc(-c2cc(C)c(C#N)c(C)n2)cc1. The third kappa shape index (κ3) is 3.96. The fourth-order valence-electron chi connectivity index (χ4n) is 3.20. The Morgan fingerprint density at radius 1 is 1.14 bits per heavy atom. The van der Waals surface area contributed by atoms with Crippen molar-refractivity contribution in [2.45, 2.75) is 34.2 Å². The van der Waals surface area contributed by atoms with Crippen LogP contribution in [0, 0.1) is 32.1 Å². The van der Waals surface area contributed by atoms with Crippen LogP contribution in [0.4, 0.5) is 0 Å². The molecule has 0 bridgehead atoms. The average molecular weight is 373 g/mol. The summed E-state index contributed by atoms with van der Waals surface area (Å²) in [6.07, 6.45) is 0. The van der Waals surface area contributed by atoms with E-state index in [2.05, 4.69) is 11.1 Å². The van der Waals surface area contributed by atoms with Crippen molar-refractivity contribution in [3.8, 4) is 17.3 Å². The molecular weight excluding hydrogens is 350 g/mol. The topological polar surface area (TPSA) is 70.1 Å². The molecule has 0 saturated carbocycles. The molecular formula is C23H23N3O2. The molecule has 1 aromatic carbocycles. The molecule has 0 unspecified atom stereocenters. The maximum Gasteiger partial charge on any atom is 0.254 e. The highest BCUT2D eigenvalue weighted by molar-refractivity contribution is 5.94. The molecule has 0 saturated heterocycles. The molecule has 0 aliphatic carbocycles. The van der Waals surface area contributed by atoms with Gasteiger partial charge in [-0.1, -0.05) is 12.1 Å². The predicted octanol–water partition coefficient (Wildman–Crippen LogP) is 4.80. The zero-order valence-corrected chi connectivity index (χ0v) is 16.6. The van der Waals surface area contributed by atoms with Crippen LogP contribution in [0.2, 0.25) is 0 Å². The molecule has 3 rings (SSSR count). The van der Waals surface area contributed by atoms with Gasteiger partial charge >= 0.3 is 0 Å². The van der Waals surface area contributed by atoms with Crippen molar-refractivity contribution in [2.75, 3.05) is 6.54 Å². The Kier molecular flexibility index (Phi) is 5.60. The number of hydrogen-bond donors (Lipinski definition) is 0. The first-order chi connectivity index (χ1) is 13.4. The van der Waals surface area contributed by atoms with E-state index in [1.54, 1.807) is 4.90 Å². The molecule has 0 N–H and O–H groups in total. The molecule has 0 fully saturated rings. The van der Waals surface area contributed by atoms with E-state index in [1.807, 2.05) is 70.2 Å². The molecule has 1 amide bonds. The van der Waals surface area contributed by atoms with Crippen LogP contribution in [0.1, 0.15) is 45.6 Å². The summed E-state index contributed by atoms with van der Waals surface area (Å²) in [5.74, 6) is 1.57. The molecule has 0 atom stereocenters. The summed E-state index contributed by atoms with van der Waals surface area (Å²) in [5.41, 5.74) is 4.56. The highest BCUT2D eigenvalue weighted by Crippen LogP contribution is 2.23. The number of furan rings is 1. The Morgan fingerprint density at radius 2 is 1.86 bits per heavy atom. The fraction of sp³-hybridized carbons (Fsp3) is 0.261. The normalized spacial score (nSPS) is 10.5. The maximum absolute atomic E-state index is 12.9.